The Hall–Kier alpha value is -2.06. The molecule has 8 heteroatoms. The monoisotopic (exact) mass is 424 g/mol. The number of hydrogen-bond donors (Lipinski definition) is 2. The zero-order chi connectivity index (χ0) is 20.7. The normalized spacial score (nSPS) is 18.6. The van der Waals surface area contributed by atoms with Crippen LogP contribution in [0.25, 0.3) is 0 Å². The molecule has 0 bridgehead atoms. The van der Waals surface area contributed by atoms with E-state index < -0.39 is 11.7 Å². The molecule has 1 atom stereocenters. The zero-order valence-electron chi connectivity index (χ0n) is 16.5. The van der Waals surface area contributed by atoms with Gasteiger partial charge in [0.25, 0.3) is 0 Å². The van der Waals surface area contributed by atoms with Gasteiger partial charge in [0, 0.05) is 38.1 Å². The van der Waals surface area contributed by atoms with Gasteiger partial charge in [-0.15, -0.1) is 11.3 Å². The van der Waals surface area contributed by atoms with E-state index in [9.17, 15) is 13.2 Å². The van der Waals surface area contributed by atoms with Crippen molar-refractivity contribution in [3.05, 3.63) is 57.8 Å². The molecule has 1 aromatic heterocycles. The number of likely N-dealkylation sites (tertiary alicyclic amines) is 1. The molecular weight excluding hydrogens is 397 g/mol. The lowest BCUT2D eigenvalue weighted by Crippen LogP contribution is -2.44. The Balaban J connectivity index is 1.45. The van der Waals surface area contributed by atoms with Gasteiger partial charge in [0.2, 0.25) is 0 Å². The molecule has 1 saturated heterocycles. The minimum Gasteiger partial charge on any atom is -0.356 e. The van der Waals surface area contributed by atoms with Gasteiger partial charge in [0.05, 0.1) is 5.56 Å². The van der Waals surface area contributed by atoms with Crippen molar-refractivity contribution >= 4 is 17.3 Å². The second-order valence-electron chi connectivity index (χ2n) is 7.33. The Morgan fingerprint density at radius 1 is 1.24 bits per heavy atom. The van der Waals surface area contributed by atoms with Gasteiger partial charge in [-0.1, -0.05) is 18.2 Å². The van der Waals surface area contributed by atoms with E-state index in [1.807, 2.05) is 0 Å². The van der Waals surface area contributed by atoms with Crippen LogP contribution in [0, 0.1) is 5.92 Å². The maximum Gasteiger partial charge on any atom is 0.416 e. The van der Waals surface area contributed by atoms with Crippen molar-refractivity contribution in [1.29, 1.82) is 0 Å². The fourth-order valence-electron chi connectivity index (χ4n) is 3.59. The van der Waals surface area contributed by atoms with E-state index in [0.717, 1.165) is 32.2 Å². The smallest absolute Gasteiger partial charge is 0.356 e. The van der Waals surface area contributed by atoms with Crippen LogP contribution < -0.4 is 10.6 Å². The molecule has 1 aromatic carbocycles. The number of guanidine groups is 1. The molecule has 0 aliphatic carbocycles. The van der Waals surface area contributed by atoms with Crippen LogP contribution in [0.4, 0.5) is 13.2 Å². The van der Waals surface area contributed by atoms with E-state index in [4.69, 9.17) is 0 Å². The number of hydrogen-bond acceptors (Lipinski definition) is 3. The molecule has 0 radical (unpaired) electrons. The van der Waals surface area contributed by atoms with Crippen molar-refractivity contribution in [1.82, 2.24) is 15.5 Å². The molecule has 0 spiro atoms. The van der Waals surface area contributed by atoms with Gasteiger partial charge >= 0.3 is 6.18 Å². The topological polar surface area (TPSA) is 39.7 Å². The summed E-state index contributed by atoms with van der Waals surface area (Å²) < 4.78 is 38.6. The van der Waals surface area contributed by atoms with Gasteiger partial charge in [-0.05, 0) is 54.4 Å². The summed E-state index contributed by atoms with van der Waals surface area (Å²) in [5.74, 6) is 1.13. The summed E-state index contributed by atoms with van der Waals surface area (Å²) in [7, 11) is 1.67. The standard InChI is InChI=1S/C21H27F3N4S/c1-25-20(26-12-16-5-2-7-18(11-16)21(22,23)24)27-13-17-6-3-9-28(14-17)15-19-8-4-10-29-19/h2,4-5,7-8,10-11,17H,3,6,9,12-15H2,1H3,(H2,25,26,27). The second kappa shape index (κ2) is 10.1. The van der Waals surface area contributed by atoms with Crippen molar-refractivity contribution in [2.24, 2.45) is 10.9 Å². The van der Waals surface area contributed by atoms with Crippen LogP contribution in [0.1, 0.15) is 28.8 Å². The number of benzene rings is 1. The average molecular weight is 425 g/mol. The maximum atomic E-state index is 12.9. The fraction of sp³-hybridized carbons (Fsp3) is 0.476. The van der Waals surface area contributed by atoms with E-state index in [2.05, 4.69) is 38.0 Å². The van der Waals surface area contributed by atoms with Crippen LogP contribution in [0.2, 0.25) is 0 Å². The summed E-state index contributed by atoms with van der Waals surface area (Å²) in [5, 5.41) is 8.55. The number of halogens is 3. The van der Waals surface area contributed by atoms with Crippen LogP contribution >= 0.6 is 11.3 Å². The Bertz CT molecular complexity index is 789. The molecule has 0 saturated carbocycles. The molecule has 2 N–H and O–H groups in total. The van der Waals surface area contributed by atoms with Gasteiger partial charge in [-0.25, -0.2) is 0 Å². The van der Waals surface area contributed by atoms with Crippen LogP contribution in [0.15, 0.2) is 46.8 Å². The zero-order valence-corrected chi connectivity index (χ0v) is 17.3. The third-order valence-corrected chi connectivity index (χ3v) is 5.92. The highest BCUT2D eigenvalue weighted by Crippen LogP contribution is 2.29. The fourth-order valence-corrected chi connectivity index (χ4v) is 4.34. The summed E-state index contributed by atoms with van der Waals surface area (Å²) in [6.45, 7) is 4.24. The first-order valence-electron chi connectivity index (χ1n) is 9.79. The van der Waals surface area contributed by atoms with Crippen molar-refractivity contribution in [2.75, 3.05) is 26.7 Å². The van der Waals surface area contributed by atoms with Crippen LogP contribution in [0.3, 0.4) is 0 Å². The molecule has 1 fully saturated rings. The number of alkyl halides is 3. The number of aliphatic imine (C=N–C) groups is 1. The number of nitrogens with zero attached hydrogens (tertiary/aromatic N) is 2. The highest BCUT2D eigenvalue weighted by Gasteiger charge is 2.30. The van der Waals surface area contributed by atoms with E-state index in [1.54, 1.807) is 24.5 Å². The number of nitrogens with one attached hydrogen (secondary N) is 2. The van der Waals surface area contributed by atoms with E-state index in [-0.39, 0.29) is 0 Å². The Morgan fingerprint density at radius 2 is 2.10 bits per heavy atom. The van der Waals surface area contributed by atoms with E-state index >= 15 is 0 Å². The van der Waals surface area contributed by atoms with Crippen molar-refractivity contribution in [2.45, 2.75) is 32.1 Å². The second-order valence-corrected chi connectivity index (χ2v) is 8.36. The number of piperidine rings is 1. The minimum atomic E-state index is -4.33. The lowest BCUT2D eigenvalue weighted by atomic mass is 9.98. The Labute approximate surface area is 173 Å². The number of rotatable bonds is 6. The van der Waals surface area contributed by atoms with Crippen LogP contribution in [0.5, 0.6) is 0 Å². The van der Waals surface area contributed by atoms with Crippen molar-refractivity contribution < 1.29 is 13.2 Å². The highest BCUT2D eigenvalue weighted by atomic mass is 32.1. The first-order chi connectivity index (χ1) is 13.9. The molecule has 158 valence electrons. The predicted octanol–water partition coefficient (Wildman–Crippen LogP) is 4.34. The van der Waals surface area contributed by atoms with Gasteiger partial charge in [-0.3, -0.25) is 9.89 Å². The van der Waals surface area contributed by atoms with Gasteiger partial charge in [-0.2, -0.15) is 13.2 Å². The summed E-state index contributed by atoms with van der Waals surface area (Å²) in [5.41, 5.74) is -0.0599. The molecular formula is C21H27F3N4S. The van der Waals surface area contributed by atoms with Gasteiger partial charge < -0.3 is 10.6 Å². The lowest BCUT2D eigenvalue weighted by Gasteiger charge is -2.32. The molecule has 1 aliphatic rings. The quantitative estimate of drug-likeness (QED) is 0.535. The minimum absolute atomic E-state index is 0.290. The molecule has 1 unspecified atom stereocenters. The Kier molecular flexibility index (Phi) is 7.55. The largest absolute Gasteiger partial charge is 0.416 e. The summed E-state index contributed by atoms with van der Waals surface area (Å²) in [4.78, 5) is 8.07. The Morgan fingerprint density at radius 3 is 2.83 bits per heavy atom. The third-order valence-electron chi connectivity index (χ3n) is 5.06. The summed E-state index contributed by atoms with van der Waals surface area (Å²) >= 11 is 1.79. The van der Waals surface area contributed by atoms with E-state index in [1.165, 1.54) is 29.9 Å². The molecule has 4 nitrogen and oxygen atoms in total. The SMILES string of the molecule is CN=C(NCc1cccc(C(F)(F)F)c1)NCC1CCCN(Cc2cccs2)C1. The molecule has 29 heavy (non-hydrogen) atoms. The molecule has 2 heterocycles. The molecule has 0 amide bonds. The van der Waals surface area contributed by atoms with Gasteiger partial charge in [0.15, 0.2) is 5.96 Å². The predicted molar refractivity (Wildman–Crippen MR) is 112 cm³/mol. The summed E-state index contributed by atoms with van der Waals surface area (Å²) in [6, 6.07) is 9.62. The molecule has 1 aliphatic heterocycles. The molecule has 3 rings (SSSR count). The average Bonchev–Trinajstić information content (AvgIpc) is 3.21. The third kappa shape index (κ3) is 6.75. The first-order valence-corrected chi connectivity index (χ1v) is 10.7. The summed E-state index contributed by atoms with van der Waals surface area (Å²) in [6.07, 6.45) is -1.99. The van der Waals surface area contributed by atoms with E-state index in [0.29, 0.717) is 24.0 Å². The first kappa shape index (κ1) is 21.6. The van der Waals surface area contributed by atoms with Crippen molar-refractivity contribution in [3.63, 3.8) is 0 Å². The molecule has 2 aromatic rings. The van der Waals surface area contributed by atoms with Crippen molar-refractivity contribution in [3.8, 4) is 0 Å². The highest BCUT2D eigenvalue weighted by molar-refractivity contribution is 7.09. The lowest BCUT2D eigenvalue weighted by molar-refractivity contribution is -0.137. The van der Waals surface area contributed by atoms with Crippen LogP contribution in [-0.4, -0.2) is 37.5 Å². The van der Waals surface area contributed by atoms with Crippen LogP contribution in [-0.2, 0) is 19.3 Å². The maximum absolute atomic E-state index is 12.9. The van der Waals surface area contributed by atoms with Gasteiger partial charge in [0.1, 0.15) is 0 Å². The number of thiophene rings is 1.